The molecule has 0 radical (unpaired) electrons. The van der Waals surface area contributed by atoms with Crippen LogP contribution >= 0.6 is 27.3 Å². The monoisotopic (exact) mass is 601 g/mol. The Kier molecular flexibility index (Phi) is 6.58. The summed E-state index contributed by atoms with van der Waals surface area (Å²) in [5, 5.41) is 6.99. The van der Waals surface area contributed by atoms with Crippen LogP contribution in [-0.2, 0) is 7.05 Å². The molecule has 8 nitrogen and oxygen atoms in total. The first-order valence-corrected chi connectivity index (χ1v) is 13.9. The summed E-state index contributed by atoms with van der Waals surface area (Å²) in [5.74, 6) is 1.41. The Morgan fingerprint density at radius 2 is 1.79 bits per heavy atom. The highest BCUT2D eigenvalue weighted by atomic mass is 79.9. The zero-order chi connectivity index (χ0) is 27.1. The van der Waals surface area contributed by atoms with Crippen molar-refractivity contribution in [2.75, 3.05) is 6.79 Å². The van der Waals surface area contributed by atoms with E-state index in [9.17, 15) is 4.79 Å². The van der Waals surface area contributed by atoms with Crippen LogP contribution in [0, 0.1) is 6.92 Å². The van der Waals surface area contributed by atoms with E-state index in [2.05, 4.69) is 15.9 Å². The molecule has 3 aromatic carbocycles. The maximum atomic E-state index is 13.6. The van der Waals surface area contributed by atoms with Gasteiger partial charge in [-0.1, -0.05) is 46.3 Å². The van der Waals surface area contributed by atoms with Gasteiger partial charge in [-0.2, -0.15) is 5.10 Å². The van der Waals surface area contributed by atoms with Crippen molar-refractivity contribution in [1.29, 1.82) is 0 Å². The minimum absolute atomic E-state index is 0.193. The molecule has 3 heterocycles. The van der Waals surface area contributed by atoms with Crippen LogP contribution in [0.4, 0.5) is 5.69 Å². The zero-order valence-corrected chi connectivity index (χ0v) is 23.9. The van der Waals surface area contributed by atoms with Gasteiger partial charge in [0.25, 0.3) is 5.56 Å². The van der Waals surface area contributed by atoms with Gasteiger partial charge in [-0.05, 0) is 56.3 Å². The van der Waals surface area contributed by atoms with E-state index in [1.54, 1.807) is 9.36 Å². The number of halogens is 1. The van der Waals surface area contributed by atoms with Gasteiger partial charge in [0.1, 0.15) is 0 Å². The fourth-order valence-corrected chi connectivity index (χ4v) is 5.66. The highest BCUT2D eigenvalue weighted by molar-refractivity contribution is 9.10. The van der Waals surface area contributed by atoms with Gasteiger partial charge < -0.3 is 9.47 Å². The van der Waals surface area contributed by atoms with Gasteiger partial charge >= 0.3 is 0 Å². The van der Waals surface area contributed by atoms with Crippen LogP contribution in [0.25, 0.3) is 16.9 Å². The van der Waals surface area contributed by atoms with E-state index < -0.39 is 0 Å². The Labute approximate surface area is 236 Å². The molecule has 10 heteroatoms. The second-order valence-corrected chi connectivity index (χ2v) is 10.8. The lowest BCUT2D eigenvalue weighted by Crippen LogP contribution is -2.20. The number of para-hydroxylation sites is 1. The Hall–Kier alpha value is -4.15. The van der Waals surface area contributed by atoms with Crippen molar-refractivity contribution >= 4 is 38.7 Å². The smallest absolute Gasteiger partial charge is 0.297 e. The topological polar surface area (TPSA) is 75.0 Å². The van der Waals surface area contributed by atoms with Crippen LogP contribution in [0.2, 0.25) is 0 Å². The molecule has 6 rings (SSSR count). The molecule has 0 unspecified atom stereocenters. The van der Waals surface area contributed by atoms with Crippen LogP contribution in [0.15, 0.2) is 97.5 Å². The lowest BCUT2D eigenvalue weighted by molar-refractivity contribution is 0.174. The van der Waals surface area contributed by atoms with Crippen molar-refractivity contribution < 1.29 is 9.47 Å². The summed E-state index contributed by atoms with van der Waals surface area (Å²) in [6.45, 7) is 4.04. The minimum atomic E-state index is -0.193. The summed E-state index contributed by atoms with van der Waals surface area (Å²) in [4.78, 5) is 19.0. The summed E-state index contributed by atoms with van der Waals surface area (Å²) in [6.07, 6.45) is 0. The number of rotatable bonds is 5. The summed E-state index contributed by atoms with van der Waals surface area (Å²) >= 11 is 5.00. The highest BCUT2D eigenvalue weighted by Gasteiger charge is 2.18. The molecule has 196 valence electrons. The molecule has 1 aliphatic rings. The van der Waals surface area contributed by atoms with Crippen molar-refractivity contribution in [3.8, 4) is 28.4 Å². The van der Waals surface area contributed by atoms with E-state index in [1.807, 2.05) is 104 Å². The first kappa shape index (κ1) is 25.1. The van der Waals surface area contributed by atoms with E-state index in [0.29, 0.717) is 16.2 Å². The normalized spacial score (nSPS) is 13.3. The molecule has 0 aliphatic carbocycles. The third kappa shape index (κ3) is 4.66. The van der Waals surface area contributed by atoms with Gasteiger partial charge in [0.05, 0.1) is 22.8 Å². The van der Waals surface area contributed by atoms with E-state index >= 15 is 0 Å². The van der Waals surface area contributed by atoms with Gasteiger partial charge in [-0.3, -0.25) is 9.48 Å². The number of hydrogen-bond acceptors (Lipinski definition) is 6. The molecular weight excluding hydrogens is 578 g/mol. The molecule has 0 amide bonds. The van der Waals surface area contributed by atoms with Gasteiger partial charge in [-0.15, -0.1) is 11.3 Å². The Balaban J connectivity index is 1.54. The maximum Gasteiger partial charge on any atom is 0.297 e. The molecule has 5 aromatic rings. The molecule has 1 aliphatic heterocycles. The van der Waals surface area contributed by atoms with E-state index in [0.717, 1.165) is 44.1 Å². The molecule has 39 heavy (non-hydrogen) atoms. The fourth-order valence-electron chi connectivity index (χ4n) is 4.43. The molecule has 0 saturated carbocycles. The van der Waals surface area contributed by atoms with Crippen molar-refractivity contribution in [3.05, 3.63) is 109 Å². The number of thiazole rings is 1. The number of hydrogen-bond donors (Lipinski definition) is 0. The van der Waals surface area contributed by atoms with Crippen LogP contribution in [0.3, 0.4) is 0 Å². The summed E-state index contributed by atoms with van der Waals surface area (Å²) < 4.78 is 17.2. The summed E-state index contributed by atoms with van der Waals surface area (Å²) in [6, 6.07) is 23.3. The number of fused-ring (bicyclic) bond motifs is 1. The Morgan fingerprint density at radius 3 is 2.59 bits per heavy atom. The second kappa shape index (κ2) is 10.2. The first-order chi connectivity index (χ1) is 18.9. The van der Waals surface area contributed by atoms with Crippen molar-refractivity contribution in [1.82, 2.24) is 14.0 Å². The van der Waals surface area contributed by atoms with Crippen LogP contribution in [0.1, 0.15) is 18.2 Å². The SMILES string of the molecule is CC(=Nn1c(-c2cccc(Br)c2)csc1=Nc1c(C)n(C)n(-c2ccccc2)c1=O)c1ccc2c(c1)OCO2. The molecule has 0 saturated heterocycles. The maximum absolute atomic E-state index is 13.6. The second-order valence-electron chi connectivity index (χ2n) is 9.00. The summed E-state index contributed by atoms with van der Waals surface area (Å²) in [7, 11) is 1.86. The molecule has 0 atom stereocenters. The number of nitrogens with zero attached hydrogens (tertiary/aromatic N) is 5. The van der Waals surface area contributed by atoms with Crippen LogP contribution < -0.4 is 19.8 Å². The standard InChI is InChI=1S/C29H24BrN5O3S/c1-18(20-12-13-25-26(15-20)38-17-37-25)32-34-24(21-8-7-9-22(30)14-21)16-39-29(34)31-27-19(2)33(3)35(28(27)36)23-10-5-4-6-11-23/h4-16H,17H2,1-3H3. The lowest BCUT2D eigenvalue weighted by Gasteiger charge is -2.07. The Morgan fingerprint density at radius 1 is 1.00 bits per heavy atom. The number of benzene rings is 3. The molecule has 0 fully saturated rings. The largest absolute Gasteiger partial charge is 0.454 e. The lowest BCUT2D eigenvalue weighted by atomic mass is 10.1. The van der Waals surface area contributed by atoms with Gasteiger partial charge in [-0.25, -0.2) is 14.4 Å². The van der Waals surface area contributed by atoms with Crippen molar-refractivity contribution in [3.63, 3.8) is 0 Å². The first-order valence-electron chi connectivity index (χ1n) is 12.2. The van der Waals surface area contributed by atoms with E-state index in [-0.39, 0.29) is 12.4 Å². The van der Waals surface area contributed by atoms with Crippen molar-refractivity contribution in [2.45, 2.75) is 13.8 Å². The van der Waals surface area contributed by atoms with Crippen LogP contribution in [-0.4, -0.2) is 26.5 Å². The zero-order valence-electron chi connectivity index (χ0n) is 21.5. The third-order valence-corrected chi connectivity index (χ3v) is 7.89. The molecular formula is C29H24BrN5O3S. The number of aromatic nitrogens is 3. The van der Waals surface area contributed by atoms with Crippen LogP contribution in [0.5, 0.6) is 11.5 Å². The van der Waals surface area contributed by atoms with Gasteiger partial charge in [0.2, 0.25) is 11.6 Å². The fraction of sp³-hybridized carbons (Fsp3) is 0.138. The molecule has 0 bridgehead atoms. The minimum Gasteiger partial charge on any atom is -0.454 e. The molecule has 0 spiro atoms. The molecule has 0 N–H and O–H groups in total. The van der Waals surface area contributed by atoms with Gasteiger partial charge in [0, 0.05) is 28.0 Å². The summed E-state index contributed by atoms with van der Waals surface area (Å²) in [5.41, 5.74) is 5.19. The predicted molar refractivity (Wildman–Crippen MR) is 157 cm³/mol. The predicted octanol–water partition coefficient (Wildman–Crippen LogP) is 6.01. The Bertz CT molecular complexity index is 1860. The number of ether oxygens (including phenoxy) is 2. The highest BCUT2D eigenvalue weighted by Crippen LogP contribution is 2.33. The average Bonchev–Trinajstić information content (AvgIpc) is 3.63. The van der Waals surface area contributed by atoms with E-state index in [1.165, 1.54) is 11.3 Å². The van der Waals surface area contributed by atoms with E-state index in [4.69, 9.17) is 19.6 Å². The van der Waals surface area contributed by atoms with Gasteiger partial charge in [0.15, 0.2) is 17.2 Å². The average molecular weight is 603 g/mol. The van der Waals surface area contributed by atoms with Crippen molar-refractivity contribution in [2.24, 2.45) is 17.1 Å². The molecule has 2 aromatic heterocycles. The third-order valence-electron chi connectivity index (χ3n) is 6.58. The quantitative estimate of drug-likeness (QED) is 0.231.